The number of methoxy groups -OCH3 is 1. The summed E-state index contributed by atoms with van der Waals surface area (Å²) in [6, 6.07) is 7.92. The molecule has 1 saturated heterocycles. The third kappa shape index (κ3) is 6.51. The first-order valence-electron chi connectivity index (χ1n) is 11.2. The Morgan fingerprint density at radius 3 is 2.25 bits per heavy atom. The number of sulfone groups is 1. The molecule has 12 heteroatoms. The van der Waals surface area contributed by atoms with Crippen molar-refractivity contribution in [1.82, 2.24) is 9.80 Å². The van der Waals surface area contributed by atoms with Crippen LogP contribution >= 0.6 is 11.6 Å². The summed E-state index contributed by atoms with van der Waals surface area (Å²) in [7, 11) is -2.81. The number of hydrogen-bond donors (Lipinski definition) is 0. The molecule has 1 fully saturated rings. The highest BCUT2D eigenvalue weighted by Crippen LogP contribution is 2.37. The summed E-state index contributed by atoms with van der Waals surface area (Å²) < 4.78 is 66.0. The topological polar surface area (TPSA) is 93.2 Å². The number of ether oxygens (including phenoxy) is 2. The van der Waals surface area contributed by atoms with E-state index in [2.05, 4.69) is 0 Å². The molecule has 1 aliphatic rings. The fourth-order valence-corrected chi connectivity index (χ4v) is 6.16. The number of rotatable bonds is 8. The fraction of sp³-hybridized carbons (Fsp3) is 0.417. The van der Waals surface area contributed by atoms with Crippen LogP contribution in [-0.4, -0.2) is 76.7 Å². The third-order valence-electron chi connectivity index (χ3n) is 5.89. The maximum Gasteiger partial charge on any atom is 0.409 e. The van der Waals surface area contributed by atoms with Crippen molar-refractivity contribution < 1.29 is 36.3 Å². The standard InChI is InChI=1S/C24H27ClF2N2O6S/c1-16(14-35-24(31)29-11-9-28(10-12-29)22(30)15-34-2)23(20-13-18(26)5-8-21(20)27)36(32,33)19-6-3-17(25)4-7-19/h3-8,13,16,23H,9-12,14-15H2,1-2H3/t16-,23+/m1/s1. The third-order valence-corrected chi connectivity index (χ3v) is 8.45. The van der Waals surface area contributed by atoms with E-state index in [0.29, 0.717) is 18.1 Å². The lowest BCUT2D eigenvalue weighted by Crippen LogP contribution is -2.51. The average Bonchev–Trinajstić information content (AvgIpc) is 2.85. The molecule has 0 bridgehead atoms. The van der Waals surface area contributed by atoms with Crippen LogP contribution in [0.4, 0.5) is 13.6 Å². The Balaban J connectivity index is 1.76. The summed E-state index contributed by atoms with van der Waals surface area (Å²) in [6.45, 7) is 2.12. The van der Waals surface area contributed by atoms with Gasteiger partial charge < -0.3 is 19.3 Å². The maximum atomic E-state index is 14.7. The molecule has 8 nitrogen and oxygen atoms in total. The van der Waals surface area contributed by atoms with Gasteiger partial charge in [0.1, 0.15) is 18.2 Å². The molecule has 2 aromatic rings. The molecule has 0 saturated carbocycles. The number of carbonyl (C=O) groups is 2. The van der Waals surface area contributed by atoms with Crippen LogP contribution in [-0.2, 0) is 24.1 Å². The van der Waals surface area contributed by atoms with Crippen LogP contribution in [0.25, 0.3) is 0 Å². The molecular formula is C24H27ClF2N2O6S. The minimum Gasteiger partial charge on any atom is -0.449 e. The molecular weight excluding hydrogens is 518 g/mol. The van der Waals surface area contributed by atoms with Gasteiger partial charge in [-0.3, -0.25) is 4.79 Å². The number of piperazine rings is 1. The lowest BCUT2D eigenvalue weighted by Gasteiger charge is -2.34. The molecule has 0 radical (unpaired) electrons. The van der Waals surface area contributed by atoms with Crippen molar-refractivity contribution in [2.75, 3.05) is 46.5 Å². The first kappa shape index (κ1) is 27.8. The van der Waals surface area contributed by atoms with E-state index >= 15 is 0 Å². The van der Waals surface area contributed by atoms with Crippen molar-refractivity contribution in [1.29, 1.82) is 0 Å². The number of hydrogen-bond acceptors (Lipinski definition) is 6. The van der Waals surface area contributed by atoms with Crippen LogP contribution in [0.2, 0.25) is 5.02 Å². The molecule has 36 heavy (non-hydrogen) atoms. The zero-order valence-corrected chi connectivity index (χ0v) is 21.4. The van der Waals surface area contributed by atoms with Gasteiger partial charge in [0.25, 0.3) is 0 Å². The van der Waals surface area contributed by atoms with E-state index in [1.54, 1.807) is 4.90 Å². The molecule has 1 heterocycles. The predicted octanol–water partition coefficient (Wildman–Crippen LogP) is 3.70. The SMILES string of the molecule is COCC(=O)N1CCN(C(=O)OC[C@@H](C)[C@@H](c2cc(F)ccc2F)S(=O)(=O)c2ccc(Cl)cc2)CC1. The second-order valence-corrected chi connectivity index (χ2v) is 10.9. The summed E-state index contributed by atoms with van der Waals surface area (Å²) in [5.74, 6) is -2.82. The minimum atomic E-state index is -4.23. The van der Waals surface area contributed by atoms with Crippen molar-refractivity contribution in [2.24, 2.45) is 5.92 Å². The summed E-state index contributed by atoms with van der Waals surface area (Å²) in [5, 5.41) is -1.22. The smallest absolute Gasteiger partial charge is 0.409 e. The highest BCUT2D eigenvalue weighted by Gasteiger charge is 2.37. The quantitative estimate of drug-likeness (QED) is 0.503. The van der Waals surface area contributed by atoms with Gasteiger partial charge in [-0.15, -0.1) is 0 Å². The van der Waals surface area contributed by atoms with Crippen molar-refractivity contribution in [3.8, 4) is 0 Å². The monoisotopic (exact) mass is 544 g/mol. The number of halogens is 3. The lowest BCUT2D eigenvalue weighted by molar-refractivity contribution is -0.136. The molecule has 2 atom stereocenters. The van der Waals surface area contributed by atoms with Gasteiger partial charge in [-0.25, -0.2) is 22.0 Å². The molecule has 0 N–H and O–H groups in total. The van der Waals surface area contributed by atoms with E-state index in [1.807, 2.05) is 0 Å². The molecule has 0 aromatic heterocycles. The van der Waals surface area contributed by atoms with Crippen LogP contribution in [0.15, 0.2) is 47.4 Å². The van der Waals surface area contributed by atoms with Gasteiger partial charge in [0, 0.05) is 49.8 Å². The summed E-state index contributed by atoms with van der Waals surface area (Å²) in [5.41, 5.74) is -0.362. The first-order valence-corrected chi connectivity index (χ1v) is 13.1. The Morgan fingerprint density at radius 2 is 1.64 bits per heavy atom. The Hall–Kier alpha value is -2.76. The fourth-order valence-electron chi connectivity index (χ4n) is 4.02. The van der Waals surface area contributed by atoms with E-state index in [4.69, 9.17) is 21.1 Å². The molecule has 3 rings (SSSR count). The normalized spacial score (nSPS) is 15.9. The van der Waals surface area contributed by atoms with Gasteiger partial charge >= 0.3 is 6.09 Å². The van der Waals surface area contributed by atoms with Crippen LogP contribution in [0, 0.1) is 17.6 Å². The largest absolute Gasteiger partial charge is 0.449 e. The van der Waals surface area contributed by atoms with E-state index in [1.165, 1.54) is 43.2 Å². The highest BCUT2D eigenvalue weighted by molar-refractivity contribution is 7.91. The van der Waals surface area contributed by atoms with Crippen LogP contribution in [0.3, 0.4) is 0 Å². The highest BCUT2D eigenvalue weighted by atomic mass is 35.5. The van der Waals surface area contributed by atoms with Gasteiger partial charge in [0.05, 0.1) is 16.8 Å². The van der Waals surface area contributed by atoms with Crippen molar-refractivity contribution in [2.45, 2.75) is 17.1 Å². The Kier molecular flexibility index (Phi) is 9.26. The minimum absolute atomic E-state index is 0.0535. The van der Waals surface area contributed by atoms with Crippen molar-refractivity contribution in [3.63, 3.8) is 0 Å². The molecule has 0 unspecified atom stereocenters. The first-order chi connectivity index (χ1) is 17.0. The molecule has 1 aliphatic heterocycles. The van der Waals surface area contributed by atoms with Gasteiger partial charge in [-0.2, -0.15) is 0 Å². The number of carbonyl (C=O) groups excluding carboxylic acids is 2. The molecule has 0 spiro atoms. The molecule has 196 valence electrons. The van der Waals surface area contributed by atoms with E-state index in [9.17, 15) is 26.8 Å². The summed E-state index contributed by atoms with van der Waals surface area (Å²) in [4.78, 5) is 27.4. The molecule has 2 amide bonds. The van der Waals surface area contributed by atoms with Crippen LogP contribution < -0.4 is 0 Å². The second kappa shape index (κ2) is 12.0. The van der Waals surface area contributed by atoms with Crippen molar-refractivity contribution in [3.05, 3.63) is 64.7 Å². The lowest BCUT2D eigenvalue weighted by atomic mass is 10.0. The average molecular weight is 545 g/mol. The number of amides is 2. The number of benzene rings is 2. The molecule has 2 aromatic carbocycles. The molecule has 0 aliphatic carbocycles. The van der Waals surface area contributed by atoms with Gasteiger partial charge in [-0.05, 0) is 42.5 Å². The summed E-state index contributed by atoms with van der Waals surface area (Å²) in [6.07, 6.45) is -0.692. The van der Waals surface area contributed by atoms with Crippen molar-refractivity contribution >= 4 is 33.4 Å². The van der Waals surface area contributed by atoms with Crippen LogP contribution in [0.5, 0.6) is 0 Å². The maximum absolute atomic E-state index is 14.7. The summed E-state index contributed by atoms with van der Waals surface area (Å²) >= 11 is 5.87. The van der Waals surface area contributed by atoms with E-state index in [-0.39, 0.29) is 42.7 Å². The van der Waals surface area contributed by atoms with Gasteiger partial charge in [0.15, 0.2) is 9.84 Å². The number of nitrogens with zero attached hydrogens (tertiary/aromatic N) is 2. The zero-order chi connectivity index (χ0) is 26.5. The van der Waals surface area contributed by atoms with Gasteiger partial charge in [-0.1, -0.05) is 18.5 Å². The van der Waals surface area contributed by atoms with Gasteiger partial charge in [0.2, 0.25) is 5.91 Å². The predicted molar refractivity (Wildman–Crippen MR) is 128 cm³/mol. The zero-order valence-electron chi connectivity index (χ0n) is 19.8. The van der Waals surface area contributed by atoms with Crippen LogP contribution in [0.1, 0.15) is 17.7 Å². The van der Waals surface area contributed by atoms with E-state index < -0.39 is 38.7 Å². The van der Waals surface area contributed by atoms with E-state index in [0.717, 1.165) is 18.2 Å². The Morgan fingerprint density at radius 1 is 1.03 bits per heavy atom. The second-order valence-electron chi connectivity index (χ2n) is 8.44. The Bertz CT molecular complexity index is 1190. The Labute approximate surface area is 213 Å².